The van der Waals surface area contributed by atoms with Crippen LogP contribution in [0.2, 0.25) is 0 Å². The lowest BCUT2D eigenvalue weighted by Gasteiger charge is -2.23. The number of amides is 1. The van der Waals surface area contributed by atoms with E-state index >= 15 is 0 Å². The number of rotatable bonds is 7. The van der Waals surface area contributed by atoms with Crippen molar-refractivity contribution in [2.24, 2.45) is 10.7 Å². The number of carbonyl (C=O) groups excluding carboxylic acids is 1. The standard InChI is InChI=1S/C19H28N6O/c1-3-7-16(25-11-10-22-13-25)24-18(17(21)14(2)12-20)19(26)23-15-8-5-4-6-9-15/h7,10-13,15,20H,3-6,8-9,21H2,1-2H3,(H,23,26)/b16-7-,17-14-,20-12?,24-18-. The van der Waals surface area contributed by atoms with Crippen molar-refractivity contribution in [3.05, 3.63) is 36.1 Å². The van der Waals surface area contributed by atoms with Gasteiger partial charge in [-0.05, 0) is 37.8 Å². The molecule has 4 N–H and O–H groups in total. The number of allylic oxidation sites excluding steroid dienone is 2. The summed E-state index contributed by atoms with van der Waals surface area (Å²) in [5, 5.41) is 10.5. The predicted molar refractivity (Wildman–Crippen MR) is 105 cm³/mol. The van der Waals surface area contributed by atoms with E-state index in [1.807, 2.05) is 13.0 Å². The fourth-order valence-corrected chi connectivity index (χ4v) is 2.90. The molecule has 1 aliphatic carbocycles. The third kappa shape index (κ3) is 5.15. The van der Waals surface area contributed by atoms with Crippen LogP contribution in [0.3, 0.4) is 0 Å². The van der Waals surface area contributed by atoms with Gasteiger partial charge in [0.05, 0.1) is 5.70 Å². The maximum absolute atomic E-state index is 12.9. The van der Waals surface area contributed by atoms with Crippen LogP contribution in [0.1, 0.15) is 52.4 Å². The van der Waals surface area contributed by atoms with Crippen molar-refractivity contribution in [3.8, 4) is 0 Å². The number of nitrogens with two attached hydrogens (primary N) is 1. The normalized spacial score (nSPS) is 17.6. The van der Waals surface area contributed by atoms with Crippen molar-refractivity contribution >= 4 is 23.7 Å². The molecule has 1 heterocycles. The van der Waals surface area contributed by atoms with E-state index < -0.39 is 0 Å². The molecular formula is C19H28N6O. The summed E-state index contributed by atoms with van der Waals surface area (Å²) >= 11 is 0. The van der Waals surface area contributed by atoms with Gasteiger partial charge in [0.1, 0.15) is 12.1 Å². The van der Waals surface area contributed by atoms with Crippen LogP contribution in [0.5, 0.6) is 0 Å². The minimum absolute atomic E-state index is 0.143. The number of imidazole rings is 1. The summed E-state index contributed by atoms with van der Waals surface area (Å²) in [6, 6.07) is 0.154. The van der Waals surface area contributed by atoms with Gasteiger partial charge in [0.15, 0.2) is 5.71 Å². The highest BCUT2D eigenvalue weighted by Gasteiger charge is 2.22. The molecule has 1 aromatic rings. The first kappa shape index (κ1) is 19.6. The summed E-state index contributed by atoms with van der Waals surface area (Å²) in [5.74, 6) is 0.289. The number of hydrogen-bond donors (Lipinski definition) is 3. The van der Waals surface area contributed by atoms with Crippen LogP contribution in [-0.2, 0) is 4.79 Å². The summed E-state index contributed by atoms with van der Waals surface area (Å²) < 4.78 is 1.74. The average molecular weight is 356 g/mol. The van der Waals surface area contributed by atoms with Gasteiger partial charge in [0, 0.05) is 24.7 Å². The SMILES string of the molecule is CC/C=C(/N=C(C(=O)NC1CCCCC1)/C(N)=C(\C)C=N)n1ccnc1. The van der Waals surface area contributed by atoms with E-state index in [1.165, 1.54) is 6.42 Å². The Labute approximate surface area is 154 Å². The molecule has 7 nitrogen and oxygen atoms in total. The minimum Gasteiger partial charge on any atom is -0.397 e. The summed E-state index contributed by atoms with van der Waals surface area (Å²) in [7, 11) is 0. The number of carbonyl (C=O) groups is 1. The molecule has 1 fully saturated rings. The Morgan fingerprint density at radius 3 is 2.73 bits per heavy atom. The van der Waals surface area contributed by atoms with Crippen molar-refractivity contribution in [3.63, 3.8) is 0 Å². The highest BCUT2D eigenvalue weighted by molar-refractivity contribution is 6.46. The number of hydrogen-bond acceptors (Lipinski definition) is 5. The third-order valence-electron chi connectivity index (χ3n) is 4.43. The summed E-state index contributed by atoms with van der Waals surface area (Å²) in [5.41, 5.74) is 7.03. The highest BCUT2D eigenvalue weighted by Crippen LogP contribution is 2.18. The quantitative estimate of drug-likeness (QED) is 0.653. The molecule has 0 radical (unpaired) electrons. The lowest BCUT2D eigenvalue weighted by atomic mass is 9.95. The third-order valence-corrected chi connectivity index (χ3v) is 4.43. The molecular weight excluding hydrogens is 328 g/mol. The number of aromatic nitrogens is 2. The second-order valence-electron chi connectivity index (χ2n) is 6.45. The molecule has 140 valence electrons. The smallest absolute Gasteiger partial charge is 0.272 e. The van der Waals surface area contributed by atoms with Gasteiger partial charge in [-0.1, -0.05) is 26.2 Å². The maximum atomic E-state index is 12.9. The number of nitrogens with zero attached hydrogens (tertiary/aromatic N) is 3. The predicted octanol–water partition coefficient (Wildman–Crippen LogP) is 2.86. The molecule has 1 saturated carbocycles. The summed E-state index contributed by atoms with van der Waals surface area (Å²) in [6.07, 6.45) is 14.3. The minimum atomic E-state index is -0.294. The highest BCUT2D eigenvalue weighted by atomic mass is 16.2. The first-order valence-electron chi connectivity index (χ1n) is 9.12. The first-order chi connectivity index (χ1) is 12.6. The Bertz CT molecular complexity index is 708. The molecule has 0 bridgehead atoms. The maximum Gasteiger partial charge on any atom is 0.272 e. The largest absolute Gasteiger partial charge is 0.397 e. The number of aliphatic imine (C=N–C) groups is 1. The van der Waals surface area contributed by atoms with E-state index in [0.717, 1.165) is 38.3 Å². The van der Waals surface area contributed by atoms with E-state index in [9.17, 15) is 4.79 Å². The van der Waals surface area contributed by atoms with Crippen LogP contribution in [0.15, 0.2) is 41.1 Å². The summed E-state index contributed by atoms with van der Waals surface area (Å²) in [6.45, 7) is 3.70. The Morgan fingerprint density at radius 1 is 1.42 bits per heavy atom. The molecule has 0 aromatic carbocycles. The van der Waals surface area contributed by atoms with Gasteiger partial charge in [-0.25, -0.2) is 9.98 Å². The molecule has 1 aromatic heterocycles. The number of nitrogens with one attached hydrogen (secondary N) is 2. The van der Waals surface area contributed by atoms with Crippen molar-refractivity contribution in [2.45, 2.75) is 58.4 Å². The van der Waals surface area contributed by atoms with Crippen LogP contribution in [0.4, 0.5) is 0 Å². The van der Waals surface area contributed by atoms with Gasteiger partial charge in [-0.15, -0.1) is 0 Å². The van der Waals surface area contributed by atoms with Gasteiger partial charge >= 0.3 is 0 Å². The van der Waals surface area contributed by atoms with Crippen molar-refractivity contribution in [1.82, 2.24) is 14.9 Å². The van der Waals surface area contributed by atoms with Gasteiger partial charge in [0.25, 0.3) is 5.91 Å². The van der Waals surface area contributed by atoms with E-state index in [-0.39, 0.29) is 23.4 Å². The first-order valence-corrected chi connectivity index (χ1v) is 9.12. The molecule has 2 rings (SSSR count). The van der Waals surface area contributed by atoms with Crippen molar-refractivity contribution < 1.29 is 4.79 Å². The van der Waals surface area contributed by atoms with Crippen LogP contribution in [0, 0.1) is 5.41 Å². The fourth-order valence-electron chi connectivity index (χ4n) is 2.90. The molecule has 0 atom stereocenters. The van der Waals surface area contributed by atoms with Crippen molar-refractivity contribution in [1.29, 1.82) is 5.41 Å². The fraction of sp³-hybridized carbons (Fsp3) is 0.474. The Balaban J connectivity index is 2.37. The van der Waals surface area contributed by atoms with E-state index in [1.54, 1.807) is 30.2 Å². The molecule has 0 saturated heterocycles. The molecule has 1 aliphatic rings. The molecule has 0 aliphatic heterocycles. The van der Waals surface area contributed by atoms with Gasteiger partial charge in [0.2, 0.25) is 0 Å². The van der Waals surface area contributed by atoms with E-state index in [0.29, 0.717) is 11.4 Å². The van der Waals surface area contributed by atoms with Gasteiger partial charge < -0.3 is 16.5 Å². The zero-order valence-corrected chi connectivity index (χ0v) is 15.5. The average Bonchev–Trinajstić information content (AvgIpc) is 3.19. The Morgan fingerprint density at radius 2 is 2.15 bits per heavy atom. The molecule has 0 spiro atoms. The summed E-state index contributed by atoms with van der Waals surface area (Å²) in [4.78, 5) is 21.5. The zero-order valence-electron chi connectivity index (χ0n) is 15.5. The van der Waals surface area contributed by atoms with Crippen LogP contribution >= 0.6 is 0 Å². The lowest BCUT2D eigenvalue weighted by Crippen LogP contribution is -2.42. The molecule has 0 unspecified atom stereocenters. The van der Waals surface area contributed by atoms with Gasteiger partial charge in [-0.3, -0.25) is 9.36 Å². The molecule has 26 heavy (non-hydrogen) atoms. The Hall–Kier alpha value is -2.70. The van der Waals surface area contributed by atoms with Crippen LogP contribution in [0.25, 0.3) is 5.82 Å². The second kappa shape index (κ2) is 9.70. The second-order valence-corrected chi connectivity index (χ2v) is 6.45. The van der Waals surface area contributed by atoms with Crippen LogP contribution < -0.4 is 11.1 Å². The lowest BCUT2D eigenvalue weighted by molar-refractivity contribution is -0.115. The monoisotopic (exact) mass is 356 g/mol. The zero-order chi connectivity index (χ0) is 18.9. The van der Waals surface area contributed by atoms with Crippen molar-refractivity contribution in [2.75, 3.05) is 0 Å². The molecule has 1 amide bonds. The topological polar surface area (TPSA) is 109 Å². The van der Waals surface area contributed by atoms with E-state index in [2.05, 4.69) is 15.3 Å². The van der Waals surface area contributed by atoms with Crippen LogP contribution in [-0.4, -0.2) is 33.4 Å². The Kier molecular flexibility index (Phi) is 7.32. The van der Waals surface area contributed by atoms with Gasteiger partial charge in [-0.2, -0.15) is 0 Å². The molecule has 7 heteroatoms. The van der Waals surface area contributed by atoms with E-state index in [4.69, 9.17) is 11.1 Å².